The van der Waals surface area contributed by atoms with Crippen molar-refractivity contribution in [1.29, 1.82) is 0 Å². The van der Waals surface area contributed by atoms with Crippen LogP contribution in [0.3, 0.4) is 0 Å². The molecular weight excluding hydrogens is 352 g/mol. The Balaban J connectivity index is 1.51. The predicted octanol–water partition coefficient (Wildman–Crippen LogP) is 2.58. The first kappa shape index (κ1) is 16.2. The quantitative estimate of drug-likeness (QED) is 0.599. The molecule has 3 heterocycles. The molecule has 0 radical (unpaired) electrons. The predicted molar refractivity (Wildman–Crippen MR) is 98.0 cm³/mol. The van der Waals surface area contributed by atoms with E-state index in [0.29, 0.717) is 17.7 Å². The summed E-state index contributed by atoms with van der Waals surface area (Å²) in [5.74, 6) is -0.563. The fourth-order valence-corrected chi connectivity index (χ4v) is 3.32. The molecule has 0 unspecified atom stereocenters. The minimum atomic E-state index is -0.394. The molecular formula is C18H14N4O3S. The van der Waals surface area contributed by atoms with E-state index in [4.69, 9.17) is 4.42 Å². The van der Waals surface area contributed by atoms with Crippen molar-refractivity contribution >= 4 is 28.3 Å². The molecule has 0 fully saturated rings. The van der Waals surface area contributed by atoms with Gasteiger partial charge in [0.05, 0.1) is 17.8 Å². The van der Waals surface area contributed by atoms with Crippen molar-refractivity contribution < 1.29 is 9.21 Å². The van der Waals surface area contributed by atoms with Crippen molar-refractivity contribution in [2.75, 3.05) is 0 Å². The number of rotatable bonds is 4. The molecule has 8 heteroatoms. The summed E-state index contributed by atoms with van der Waals surface area (Å²) in [5, 5.41) is 5.54. The number of nitrogens with one attached hydrogen (secondary N) is 1. The molecule has 0 aliphatic heterocycles. The van der Waals surface area contributed by atoms with Crippen LogP contribution in [0, 0.1) is 0 Å². The third-order valence-electron chi connectivity index (χ3n) is 3.98. The lowest BCUT2D eigenvalue weighted by atomic mass is 10.1. The number of aryl methyl sites for hydroxylation is 1. The van der Waals surface area contributed by atoms with Gasteiger partial charge in [0.1, 0.15) is 5.01 Å². The monoisotopic (exact) mass is 366 g/mol. The highest BCUT2D eigenvalue weighted by Crippen LogP contribution is 2.25. The standard InChI is InChI=1S/C18H14N4O3S/c1-22-14-3-2-12(8-15(14)25-18(22)24)13-10-26-16(21-13)9-20-17(23)11-4-6-19-7-5-11/h2-8,10H,9H2,1H3,(H,20,23). The Bertz CT molecular complexity index is 1140. The molecule has 130 valence electrons. The average Bonchev–Trinajstić information content (AvgIpc) is 3.25. The fourth-order valence-electron chi connectivity index (χ4n) is 2.58. The van der Waals surface area contributed by atoms with Crippen molar-refractivity contribution in [1.82, 2.24) is 19.9 Å². The molecule has 7 nitrogen and oxygen atoms in total. The Hall–Kier alpha value is -3.26. The molecule has 4 aromatic rings. The summed E-state index contributed by atoms with van der Waals surface area (Å²) in [7, 11) is 1.67. The number of oxazole rings is 1. The summed E-state index contributed by atoms with van der Waals surface area (Å²) in [4.78, 5) is 32.1. The number of carbonyl (C=O) groups excluding carboxylic acids is 1. The zero-order valence-corrected chi connectivity index (χ0v) is 14.6. The lowest BCUT2D eigenvalue weighted by Gasteiger charge is -2.02. The maximum atomic E-state index is 12.1. The van der Waals surface area contributed by atoms with Gasteiger partial charge in [-0.25, -0.2) is 9.78 Å². The molecule has 3 aromatic heterocycles. The van der Waals surface area contributed by atoms with E-state index in [-0.39, 0.29) is 5.91 Å². The maximum Gasteiger partial charge on any atom is 0.419 e. The number of hydrogen-bond acceptors (Lipinski definition) is 6. The molecule has 1 N–H and O–H groups in total. The van der Waals surface area contributed by atoms with Crippen LogP contribution in [0.2, 0.25) is 0 Å². The van der Waals surface area contributed by atoms with Crippen LogP contribution in [0.4, 0.5) is 0 Å². The van der Waals surface area contributed by atoms with Crippen molar-refractivity contribution in [3.05, 3.63) is 69.2 Å². The van der Waals surface area contributed by atoms with Crippen LogP contribution in [0.5, 0.6) is 0 Å². The zero-order valence-electron chi connectivity index (χ0n) is 13.8. The fraction of sp³-hybridized carbons (Fsp3) is 0.111. The summed E-state index contributed by atoms with van der Waals surface area (Å²) in [5.41, 5.74) is 3.45. The molecule has 0 aliphatic carbocycles. The van der Waals surface area contributed by atoms with E-state index in [1.54, 1.807) is 37.6 Å². The van der Waals surface area contributed by atoms with Crippen molar-refractivity contribution in [3.8, 4) is 11.3 Å². The third-order valence-corrected chi connectivity index (χ3v) is 4.83. The summed E-state index contributed by atoms with van der Waals surface area (Å²) < 4.78 is 6.68. The van der Waals surface area contributed by atoms with Crippen molar-refractivity contribution in [2.45, 2.75) is 6.54 Å². The normalized spacial score (nSPS) is 11.0. The highest BCUT2D eigenvalue weighted by molar-refractivity contribution is 7.09. The number of pyridine rings is 1. The summed E-state index contributed by atoms with van der Waals surface area (Å²) in [6, 6.07) is 8.84. The van der Waals surface area contributed by atoms with Gasteiger partial charge in [-0.15, -0.1) is 11.3 Å². The van der Waals surface area contributed by atoms with Gasteiger partial charge in [0, 0.05) is 35.9 Å². The highest BCUT2D eigenvalue weighted by Gasteiger charge is 2.11. The highest BCUT2D eigenvalue weighted by atomic mass is 32.1. The zero-order chi connectivity index (χ0) is 18.1. The number of amides is 1. The van der Waals surface area contributed by atoms with Gasteiger partial charge in [0.15, 0.2) is 5.58 Å². The largest absolute Gasteiger partial charge is 0.419 e. The SMILES string of the molecule is Cn1c(=O)oc2cc(-c3csc(CNC(=O)c4ccncc4)n3)ccc21. The van der Waals surface area contributed by atoms with Crippen LogP contribution in [-0.4, -0.2) is 20.4 Å². The Kier molecular flexibility index (Phi) is 4.10. The van der Waals surface area contributed by atoms with Gasteiger partial charge in [0.25, 0.3) is 5.91 Å². The van der Waals surface area contributed by atoms with E-state index in [1.807, 2.05) is 17.5 Å². The van der Waals surface area contributed by atoms with Gasteiger partial charge in [0.2, 0.25) is 0 Å². The van der Waals surface area contributed by atoms with Gasteiger partial charge >= 0.3 is 5.76 Å². The Labute approximate surface area is 151 Å². The number of aromatic nitrogens is 3. The molecule has 4 rings (SSSR count). The second-order valence-corrected chi connectivity index (χ2v) is 6.60. The first-order valence-electron chi connectivity index (χ1n) is 7.84. The van der Waals surface area contributed by atoms with Crippen molar-refractivity contribution in [3.63, 3.8) is 0 Å². The van der Waals surface area contributed by atoms with Crippen LogP contribution in [-0.2, 0) is 13.6 Å². The van der Waals surface area contributed by atoms with Crippen LogP contribution < -0.4 is 11.1 Å². The Morgan fingerprint density at radius 1 is 1.27 bits per heavy atom. The van der Waals surface area contributed by atoms with Gasteiger partial charge in [-0.3, -0.25) is 14.3 Å². The minimum Gasteiger partial charge on any atom is -0.408 e. The van der Waals surface area contributed by atoms with Crippen LogP contribution in [0.25, 0.3) is 22.4 Å². The molecule has 0 bridgehead atoms. The van der Waals surface area contributed by atoms with Crippen molar-refractivity contribution in [2.24, 2.45) is 7.05 Å². The van der Waals surface area contributed by atoms with E-state index < -0.39 is 5.76 Å². The number of fused-ring (bicyclic) bond motifs is 1. The van der Waals surface area contributed by atoms with E-state index in [1.165, 1.54) is 15.9 Å². The number of nitrogens with zero attached hydrogens (tertiary/aromatic N) is 3. The lowest BCUT2D eigenvalue weighted by Crippen LogP contribution is -2.22. The topological polar surface area (TPSA) is 90.0 Å². The van der Waals surface area contributed by atoms with Crippen LogP contribution >= 0.6 is 11.3 Å². The molecule has 1 aromatic carbocycles. The van der Waals surface area contributed by atoms with E-state index in [2.05, 4.69) is 15.3 Å². The van der Waals surface area contributed by atoms with Crippen LogP contribution in [0.15, 0.2) is 57.3 Å². The maximum absolute atomic E-state index is 12.1. The molecule has 0 saturated carbocycles. The number of carbonyl (C=O) groups is 1. The number of thiazole rings is 1. The molecule has 0 atom stereocenters. The summed E-state index contributed by atoms with van der Waals surface area (Å²) in [6.07, 6.45) is 3.16. The van der Waals surface area contributed by atoms with E-state index in [0.717, 1.165) is 21.8 Å². The minimum absolute atomic E-state index is 0.170. The second-order valence-electron chi connectivity index (χ2n) is 5.65. The second kappa shape index (κ2) is 6.57. The number of benzene rings is 1. The first-order valence-corrected chi connectivity index (χ1v) is 8.72. The summed E-state index contributed by atoms with van der Waals surface area (Å²) >= 11 is 1.46. The summed E-state index contributed by atoms with van der Waals surface area (Å²) in [6.45, 7) is 0.342. The van der Waals surface area contributed by atoms with Gasteiger partial charge < -0.3 is 9.73 Å². The van der Waals surface area contributed by atoms with E-state index in [9.17, 15) is 9.59 Å². The van der Waals surface area contributed by atoms with Gasteiger partial charge in [-0.1, -0.05) is 6.07 Å². The average molecular weight is 366 g/mol. The number of hydrogen-bond donors (Lipinski definition) is 1. The molecule has 26 heavy (non-hydrogen) atoms. The Morgan fingerprint density at radius 2 is 2.08 bits per heavy atom. The molecule has 0 saturated heterocycles. The van der Waals surface area contributed by atoms with Gasteiger partial charge in [-0.2, -0.15) is 0 Å². The third kappa shape index (κ3) is 3.02. The van der Waals surface area contributed by atoms with Gasteiger partial charge in [-0.05, 0) is 24.3 Å². The molecule has 0 spiro atoms. The smallest absolute Gasteiger partial charge is 0.408 e. The Morgan fingerprint density at radius 3 is 2.88 bits per heavy atom. The van der Waals surface area contributed by atoms with E-state index >= 15 is 0 Å². The lowest BCUT2D eigenvalue weighted by molar-refractivity contribution is 0.0950. The molecule has 0 aliphatic rings. The first-order chi connectivity index (χ1) is 12.6. The van der Waals surface area contributed by atoms with Crippen LogP contribution in [0.1, 0.15) is 15.4 Å². The molecule has 1 amide bonds.